The van der Waals surface area contributed by atoms with Crippen LogP contribution in [-0.2, 0) is 11.3 Å². The number of benzene rings is 2. The zero-order valence-corrected chi connectivity index (χ0v) is 16.4. The van der Waals surface area contributed by atoms with Gasteiger partial charge in [0.05, 0.1) is 6.54 Å². The summed E-state index contributed by atoms with van der Waals surface area (Å²) in [5, 5.41) is 2.93. The SMILES string of the molecule is CC(=O)c1cccc(NC(=O)CN(Cc2ccc(C(C)C)cc2)C2CC2)c1. The second kappa shape index (κ2) is 8.49. The van der Waals surface area contributed by atoms with Crippen LogP contribution in [0.4, 0.5) is 5.69 Å². The van der Waals surface area contributed by atoms with Crippen molar-refractivity contribution in [2.75, 3.05) is 11.9 Å². The van der Waals surface area contributed by atoms with Crippen LogP contribution in [0.3, 0.4) is 0 Å². The number of rotatable bonds is 8. The fourth-order valence-electron chi connectivity index (χ4n) is 3.20. The lowest BCUT2D eigenvalue weighted by Gasteiger charge is -2.22. The summed E-state index contributed by atoms with van der Waals surface area (Å²) in [4.78, 5) is 26.3. The summed E-state index contributed by atoms with van der Waals surface area (Å²) in [6.45, 7) is 7.05. The summed E-state index contributed by atoms with van der Waals surface area (Å²) in [6, 6.07) is 16.3. The van der Waals surface area contributed by atoms with Gasteiger partial charge in [0, 0.05) is 23.8 Å². The van der Waals surface area contributed by atoms with Gasteiger partial charge in [-0.25, -0.2) is 0 Å². The second-order valence-electron chi connectivity index (χ2n) is 7.72. The Bertz CT molecular complexity index is 807. The normalized spacial score (nSPS) is 13.8. The lowest BCUT2D eigenvalue weighted by atomic mass is 10.0. The summed E-state index contributed by atoms with van der Waals surface area (Å²) in [7, 11) is 0. The van der Waals surface area contributed by atoms with E-state index in [0.29, 0.717) is 29.8 Å². The third-order valence-electron chi connectivity index (χ3n) is 4.99. The standard InChI is InChI=1S/C23H28N2O2/c1-16(2)19-9-7-18(8-10-19)14-25(22-11-12-22)15-23(27)24-21-6-4-5-20(13-21)17(3)26/h4-10,13,16,22H,11-12,14-15H2,1-3H3,(H,24,27). The molecule has 4 nitrogen and oxygen atoms in total. The van der Waals surface area contributed by atoms with Crippen LogP contribution in [0.15, 0.2) is 48.5 Å². The van der Waals surface area contributed by atoms with E-state index in [-0.39, 0.29) is 11.7 Å². The topological polar surface area (TPSA) is 49.4 Å². The van der Waals surface area contributed by atoms with Crippen molar-refractivity contribution in [1.29, 1.82) is 0 Å². The predicted molar refractivity (Wildman–Crippen MR) is 109 cm³/mol. The molecule has 2 aromatic carbocycles. The number of nitrogens with one attached hydrogen (secondary N) is 1. The molecule has 2 aromatic rings. The largest absolute Gasteiger partial charge is 0.325 e. The van der Waals surface area contributed by atoms with E-state index in [4.69, 9.17) is 0 Å². The van der Waals surface area contributed by atoms with Gasteiger partial charge < -0.3 is 5.32 Å². The van der Waals surface area contributed by atoms with E-state index >= 15 is 0 Å². The van der Waals surface area contributed by atoms with Gasteiger partial charge in [-0.3, -0.25) is 14.5 Å². The Kier molecular flexibility index (Phi) is 6.07. The number of Topliss-reactive ketones (excluding diaryl/α,β-unsaturated/α-hetero) is 1. The first-order valence-corrected chi connectivity index (χ1v) is 9.66. The minimum Gasteiger partial charge on any atom is -0.325 e. The zero-order chi connectivity index (χ0) is 19.4. The highest BCUT2D eigenvalue weighted by molar-refractivity contribution is 5.97. The van der Waals surface area contributed by atoms with Crippen molar-refractivity contribution in [2.24, 2.45) is 0 Å². The summed E-state index contributed by atoms with van der Waals surface area (Å²) >= 11 is 0. The minimum absolute atomic E-state index is 0.00412. The van der Waals surface area contributed by atoms with Gasteiger partial charge in [0.2, 0.25) is 5.91 Å². The van der Waals surface area contributed by atoms with E-state index in [0.717, 1.165) is 19.4 Å². The van der Waals surface area contributed by atoms with Gasteiger partial charge in [-0.2, -0.15) is 0 Å². The monoisotopic (exact) mass is 364 g/mol. The predicted octanol–water partition coefficient (Wildman–Crippen LogP) is 4.62. The first-order chi connectivity index (χ1) is 12.9. The van der Waals surface area contributed by atoms with Crippen LogP contribution in [0.25, 0.3) is 0 Å². The summed E-state index contributed by atoms with van der Waals surface area (Å²) < 4.78 is 0. The first-order valence-electron chi connectivity index (χ1n) is 9.66. The van der Waals surface area contributed by atoms with E-state index in [2.05, 4.69) is 48.3 Å². The molecule has 4 heteroatoms. The van der Waals surface area contributed by atoms with Crippen LogP contribution in [0, 0.1) is 0 Å². The molecule has 1 fully saturated rings. The highest BCUT2D eigenvalue weighted by atomic mass is 16.2. The fraction of sp³-hybridized carbons (Fsp3) is 0.391. The molecule has 3 rings (SSSR count). The Morgan fingerprint density at radius 3 is 2.41 bits per heavy atom. The minimum atomic E-state index is -0.0404. The number of carbonyl (C=O) groups excluding carboxylic acids is 2. The molecule has 1 amide bonds. The molecule has 0 radical (unpaired) electrons. The van der Waals surface area contributed by atoms with Gasteiger partial charge in [-0.05, 0) is 48.9 Å². The number of hydrogen-bond acceptors (Lipinski definition) is 3. The number of hydrogen-bond donors (Lipinski definition) is 1. The Balaban J connectivity index is 1.61. The maximum Gasteiger partial charge on any atom is 0.238 e. The molecule has 1 saturated carbocycles. The molecule has 0 atom stereocenters. The average molecular weight is 364 g/mol. The lowest BCUT2D eigenvalue weighted by Crippen LogP contribution is -2.34. The lowest BCUT2D eigenvalue weighted by molar-refractivity contribution is -0.117. The van der Waals surface area contributed by atoms with Crippen LogP contribution in [0.5, 0.6) is 0 Å². The van der Waals surface area contributed by atoms with Crippen LogP contribution in [-0.4, -0.2) is 29.2 Å². The van der Waals surface area contributed by atoms with Gasteiger partial charge in [-0.1, -0.05) is 50.2 Å². The molecule has 0 aromatic heterocycles. The average Bonchev–Trinajstić information content (AvgIpc) is 3.47. The van der Waals surface area contributed by atoms with Crippen LogP contribution in [0.1, 0.15) is 61.0 Å². The molecule has 0 aliphatic heterocycles. The Morgan fingerprint density at radius 1 is 1.11 bits per heavy atom. The Hall–Kier alpha value is -2.46. The van der Waals surface area contributed by atoms with Gasteiger partial charge >= 0.3 is 0 Å². The third-order valence-corrected chi connectivity index (χ3v) is 4.99. The maximum absolute atomic E-state index is 12.5. The van der Waals surface area contributed by atoms with Crippen molar-refractivity contribution in [1.82, 2.24) is 4.90 Å². The van der Waals surface area contributed by atoms with E-state index < -0.39 is 0 Å². The van der Waals surface area contributed by atoms with Crippen molar-refractivity contribution in [3.05, 3.63) is 65.2 Å². The smallest absolute Gasteiger partial charge is 0.238 e. The Morgan fingerprint density at radius 2 is 1.81 bits per heavy atom. The first kappa shape index (κ1) is 19.3. The number of anilines is 1. The van der Waals surface area contributed by atoms with Crippen LogP contribution in [0.2, 0.25) is 0 Å². The highest BCUT2D eigenvalue weighted by Gasteiger charge is 2.30. The van der Waals surface area contributed by atoms with Crippen LogP contribution >= 0.6 is 0 Å². The molecule has 0 heterocycles. The molecule has 142 valence electrons. The molecule has 0 saturated heterocycles. The molecule has 27 heavy (non-hydrogen) atoms. The number of nitrogens with zero attached hydrogens (tertiary/aromatic N) is 1. The summed E-state index contributed by atoms with van der Waals surface area (Å²) in [5.74, 6) is 0.479. The van der Waals surface area contributed by atoms with Crippen LogP contribution < -0.4 is 5.32 Å². The quantitative estimate of drug-likeness (QED) is 0.696. The third kappa shape index (κ3) is 5.51. The molecule has 1 aliphatic rings. The van der Waals surface area contributed by atoms with Gasteiger partial charge in [-0.15, -0.1) is 0 Å². The van der Waals surface area contributed by atoms with Crippen molar-refractivity contribution < 1.29 is 9.59 Å². The van der Waals surface area contributed by atoms with E-state index in [1.54, 1.807) is 18.2 Å². The van der Waals surface area contributed by atoms with E-state index in [9.17, 15) is 9.59 Å². The summed E-state index contributed by atoms with van der Waals surface area (Å²) in [5.41, 5.74) is 3.85. The van der Waals surface area contributed by atoms with Gasteiger partial charge in [0.15, 0.2) is 5.78 Å². The zero-order valence-electron chi connectivity index (χ0n) is 16.4. The number of amides is 1. The van der Waals surface area contributed by atoms with Crippen molar-refractivity contribution in [3.8, 4) is 0 Å². The number of ketones is 1. The van der Waals surface area contributed by atoms with E-state index in [1.165, 1.54) is 18.1 Å². The van der Waals surface area contributed by atoms with Crippen molar-refractivity contribution in [2.45, 2.75) is 52.1 Å². The fourth-order valence-corrected chi connectivity index (χ4v) is 3.20. The maximum atomic E-state index is 12.5. The van der Waals surface area contributed by atoms with Gasteiger partial charge in [0.25, 0.3) is 0 Å². The van der Waals surface area contributed by atoms with Crippen molar-refractivity contribution in [3.63, 3.8) is 0 Å². The van der Waals surface area contributed by atoms with E-state index in [1.807, 2.05) is 6.07 Å². The second-order valence-corrected chi connectivity index (χ2v) is 7.72. The summed E-state index contributed by atoms with van der Waals surface area (Å²) in [6.07, 6.45) is 2.30. The Labute approximate surface area is 161 Å². The molecule has 0 bridgehead atoms. The molecule has 0 unspecified atom stereocenters. The van der Waals surface area contributed by atoms with Crippen molar-refractivity contribution >= 4 is 17.4 Å². The molecule has 1 N–H and O–H groups in total. The highest BCUT2D eigenvalue weighted by Crippen LogP contribution is 2.28. The van der Waals surface area contributed by atoms with Gasteiger partial charge in [0.1, 0.15) is 0 Å². The molecule has 1 aliphatic carbocycles. The number of carbonyl (C=O) groups is 2. The molecule has 0 spiro atoms. The molecular weight excluding hydrogens is 336 g/mol. The molecular formula is C23H28N2O2.